The van der Waals surface area contributed by atoms with E-state index in [4.69, 9.17) is 0 Å². The number of fused-ring (bicyclic) bond motifs is 5. The highest BCUT2D eigenvalue weighted by Crippen LogP contribution is 2.66. The molecule has 8 atom stereocenters. The van der Waals surface area contributed by atoms with E-state index in [1.165, 1.54) is 24.8 Å². The summed E-state index contributed by atoms with van der Waals surface area (Å²) in [5, 5.41) is 9.30. The van der Waals surface area contributed by atoms with Crippen molar-refractivity contribution in [2.24, 2.45) is 46.3 Å². The summed E-state index contributed by atoms with van der Waals surface area (Å²) in [6.07, 6.45) is 12.4. The van der Waals surface area contributed by atoms with E-state index in [1.54, 1.807) is 0 Å². The number of carbonyl (C=O) groups is 2. The van der Waals surface area contributed by atoms with Gasteiger partial charge < -0.3 is 5.11 Å². The predicted molar refractivity (Wildman–Crippen MR) is 120 cm³/mol. The van der Waals surface area contributed by atoms with Gasteiger partial charge in [-0.3, -0.25) is 9.59 Å². The van der Waals surface area contributed by atoms with Gasteiger partial charge >= 0.3 is 0 Å². The first-order chi connectivity index (χ1) is 14.2. The summed E-state index contributed by atoms with van der Waals surface area (Å²) in [5.74, 6) is 3.69. The van der Waals surface area contributed by atoms with Crippen molar-refractivity contribution in [3.05, 3.63) is 11.6 Å². The van der Waals surface area contributed by atoms with E-state index in [-0.39, 0.29) is 23.4 Å². The molecule has 0 spiro atoms. The van der Waals surface area contributed by atoms with E-state index in [9.17, 15) is 14.7 Å². The van der Waals surface area contributed by atoms with Crippen LogP contribution in [0.15, 0.2) is 11.6 Å². The number of aliphatic hydroxyl groups is 1. The molecule has 168 valence electrons. The SMILES string of the molecule is CC(CO)CCCC(C)[C@H]1C(=O)CC2C3CCC4=CC(=O)CC[C@]4(C)C3CC[C@@]21C. The van der Waals surface area contributed by atoms with Crippen LogP contribution in [0.3, 0.4) is 0 Å². The van der Waals surface area contributed by atoms with Crippen LogP contribution >= 0.6 is 0 Å². The summed E-state index contributed by atoms with van der Waals surface area (Å²) in [7, 11) is 0. The van der Waals surface area contributed by atoms with Crippen LogP contribution in [0.5, 0.6) is 0 Å². The smallest absolute Gasteiger partial charge is 0.155 e. The molecule has 0 aliphatic heterocycles. The second-order valence-corrected chi connectivity index (χ2v) is 11.9. The zero-order valence-electron chi connectivity index (χ0n) is 19.6. The lowest BCUT2D eigenvalue weighted by Crippen LogP contribution is -2.51. The topological polar surface area (TPSA) is 54.4 Å². The Morgan fingerprint density at radius 1 is 1.07 bits per heavy atom. The summed E-state index contributed by atoms with van der Waals surface area (Å²) >= 11 is 0. The van der Waals surface area contributed by atoms with Gasteiger partial charge in [-0.1, -0.05) is 39.7 Å². The van der Waals surface area contributed by atoms with Gasteiger partial charge in [0.25, 0.3) is 0 Å². The first-order valence-corrected chi connectivity index (χ1v) is 12.6. The maximum absolute atomic E-state index is 13.3. The molecule has 4 aliphatic rings. The van der Waals surface area contributed by atoms with Crippen LogP contribution < -0.4 is 0 Å². The van der Waals surface area contributed by atoms with Gasteiger partial charge in [0.1, 0.15) is 5.78 Å². The molecule has 30 heavy (non-hydrogen) atoms. The van der Waals surface area contributed by atoms with Crippen molar-refractivity contribution in [3.8, 4) is 0 Å². The summed E-state index contributed by atoms with van der Waals surface area (Å²) in [6.45, 7) is 9.54. The molecule has 0 aromatic carbocycles. The molecule has 0 saturated heterocycles. The molecular weight excluding hydrogens is 372 g/mol. The van der Waals surface area contributed by atoms with Crippen molar-refractivity contribution in [1.29, 1.82) is 0 Å². The number of hydrogen-bond acceptors (Lipinski definition) is 3. The molecule has 5 unspecified atom stereocenters. The molecule has 0 aromatic heterocycles. The van der Waals surface area contributed by atoms with Crippen LogP contribution in [-0.4, -0.2) is 23.3 Å². The van der Waals surface area contributed by atoms with Gasteiger partial charge in [0, 0.05) is 25.4 Å². The first-order valence-electron chi connectivity index (χ1n) is 12.6. The minimum Gasteiger partial charge on any atom is -0.396 e. The highest BCUT2D eigenvalue weighted by molar-refractivity contribution is 5.91. The van der Waals surface area contributed by atoms with Gasteiger partial charge in [-0.25, -0.2) is 0 Å². The Bertz CT molecular complexity index is 724. The van der Waals surface area contributed by atoms with Gasteiger partial charge in [-0.2, -0.15) is 0 Å². The van der Waals surface area contributed by atoms with Gasteiger partial charge in [0.05, 0.1) is 0 Å². The largest absolute Gasteiger partial charge is 0.396 e. The van der Waals surface area contributed by atoms with E-state index in [2.05, 4.69) is 27.7 Å². The van der Waals surface area contributed by atoms with Crippen LogP contribution in [0.1, 0.15) is 91.9 Å². The summed E-state index contributed by atoms with van der Waals surface area (Å²) in [4.78, 5) is 25.4. The maximum Gasteiger partial charge on any atom is 0.155 e. The van der Waals surface area contributed by atoms with Crippen LogP contribution in [0.2, 0.25) is 0 Å². The average Bonchev–Trinajstić information content (AvgIpc) is 2.98. The lowest BCUT2D eigenvalue weighted by Gasteiger charge is -2.58. The van der Waals surface area contributed by atoms with Crippen LogP contribution in [0.25, 0.3) is 0 Å². The van der Waals surface area contributed by atoms with Gasteiger partial charge in [-0.15, -0.1) is 0 Å². The number of carbonyl (C=O) groups excluding carboxylic acids is 2. The van der Waals surface area contributed by atoms with E-state index in [0.717, 1.165) is 38.5 Å². The molecule has 0 radical (unpaired) electrons. The third-order valence-corrected chi connectivity index (χ3v) is 10.1. The van der Waals surface area contributed by atoms with Crippen molar-refractivity contribution < 1.29 is 14.7 Å². The predicted octanol–water partition coefficient (Wildman–Crippen LogP) is 5.75. The van der Waals surface area contributed by atoms with Crippen LogP contribution in [0.4, 0.5) is 0 Å². The lowest BCUT2D eigenvalue weighted by molar-refractivity contribution is -0.125. The first kappa shape index (κ1) is 22.2. The molecule has 0 amide bonds. The molecule has 3 fully saturated rings. The Morgan fingerprint density at radius 2 is 1.83 bits per heavy atom. The molecule has 0 heterocycles. The van der Waals surface area contributed by atoms with Crippen molar-refractivity contribution in [2.45, 2.75) is 91.9 Å². The number of rotatable bonds is 6. The zero-order valence-corrected chi connectivity index (χ0v) is 19.6. The third kappa shape index (κ3) is 3.53. The molecule has 0 aromatic rings. The second kappa shape index (κ2) is 8.19. The van der Waals surface area contributed by atoms with Gasteiger partial charge in [0.15, 0.2) is 5.78 Å². The number of ketones is 2. The van der Waals surface area contributed by atoms with Crippen molar-refractivity contribution in [2.75, 3.05) is 6.61 Å². The summed E-state index contributed by atoms with van der Waals surface area (Å²) in [5.41, 5.74) is 1.75. The van der Waals surface area contributed by atoms with Gasteiger partial charge in [-0.05, 0) is 91.4 Å². The Labute approximate surface area is 183 Å². The Hall–Kier alpha value is -0.960. The molecule has 4 rings (SSSR count). The minimum absolute atomic E-state index is 0.155. The molecule has 3 heteroatoms. The average molecular weight is 415 g/mol. The summed E-state index contributed by atoms with van der Waals surface area (Å²) in [6, 6.07) is 0. The van der Waals surface area contributed by atoms with Crippen LogP contribution in [0, 0.1) is 46.3 Å². The fourth-order valence-corrected chi connectivity index (χ4v) is 8.40. The molecule has 0 bridgehead atoms. The Morgan fingerprint density at radius 3 is 2.57 bits per heavy atom. The van der Waals surface area contributed by atoms with Crippen molar-refractivity contribution in [1.82, 2.24) is 0 Å². The zero-order chi connectivity index (χ0) is 21.7. The fourth-order valence-electron chi connectivity index (χ4n) is 8.40. The highest BCUT2D eigenvalue weighted by atomic mass is 16.3. The molecule has 4 aliphatic carbocycles. The van der Waals surface area contributed by atoms with Crippen molar-refractivity contribution >= 4 is 11.6 Å². The standard InChI is InChI=1S/C27H42O3/c1-17(16-28)6-5-7-18(2)25-24(30)15-23-21-9-8-19-14-20(29)10-12-26(19,3)22(21)11-13-27(23,25)4/h14,17-18,21-23,25,28H,5-13,15-16H2,1-4H3/t17?,18?,21?,22?,23?,25-,26-,27-/m0/s1. The Balaban J connectivity index is 1.51. The fraction of sp³-hybridized carbons (Fsp3) is 0.852. The monoisotopic (exact) mass is 414 g/mol. The maximum atomic E-state index is 13.3. The molecule has 3 saturated carbocycles. The van der Waals surface area contributed by atoms with E-state index in [1.807, 2.05) is 6.08 Å². The normalized spacial score (nSPS) is 42.8. The molecular formula is C27H42O3. The summed E-state index contributed by atoms with van der Waals surface area (Å²) < 4.78 is 0. The number of aliphatic hydroxyl groups excluding tert-OH is 1. The lowest BCUT2D eigenvalue weighted by atomic mass is 9.46. The van der Waals surface area contributed by atoms with E-state index >= 15 is 0 Å². The number of allylic oxidation sites excluding steroid dienone is 1. The highest BCUT2D eigenvalue weighted by Gasteiger charge is 2.61. The van der Waals surface area contributed by atoms with Crippen molar-refractivity contribution in [3.63, 3.8) is 0 Å². The quantitative estimate of drug-likeness (QED) is 0.602. The Kier molecular flexibility index (Phi) is 6.07. The third-order valence-electron chi connectivity index (χ3n) is 10.1. The second-order valence-electron chi connectivity index (χ2n) is 11.9. The van der Waals surface area contributed by atoms with E-state index in [0.29, 0.717) is 47.6 Å². The van der Waals surface area contributed by atoms with E-state index < -0.39 is 0 Å². The number of Topliss-reactive ketones (excluding diaryl/α,β-unsaturated/α-hetero) is 1. The van der Waals surface area contributed by atoms with Gasteiger partial charge in [0.2, 0.25) is 0 Å². The van der Waals surface area contributed by atoms with Crippen LogP contribution in [-0.2, 0) is 9.59 Å². The molecule has 3 nitrogen and oxygen atoms in total. The number of hydrogen-bond donors (Lipinski definition) is 1. The molecule has 1 N–H and O–H groups in total. The minimum atomic E-state index is 0.155.